The Bertz CT molecular complexity index is 3780. The van der Waals surface area contributed by atoms with E-state index < -0.39 is 142 Å². The SMILES string of the molecule is Cc1ccc(C(OC(=O)C(CC(=O)C(CC(=O)OC(C)(C)C)CC(=O)C(COC(C)(C)C)CC(=O)C(CC(=O)C(CC(=O)C(CC(=O)OCC2c3ccccc3-c3ccccc32)C(C)OC(C)(C)C)Cc2ccccc2)C(C)OC(C)(C)C)CC(C)C)(c2ccccc2)c2ccccc2Cl)cc1. The minimum absolute atomic E-state index is 0.0523. The molecule has 0 aliphatic heterocycles. The van der Waals surface area contributed by atoms with E-state index in [0.29, 0.717) is 21.7 Å². The lowest BCUT2D eigenvalue weighted by Crippen LogP contribution is -2.40. The summed E-state index contributed by atoms with van der Waals surface area (Å²) in [5, 5.41) is 0.339. The number of ether oxygens (including phenoxy) is 6. The summed E-state index contributed by atoms with van der Waals surface area (Å²) in [6, 6.07) is 49.4. The molecule has 15 heteroatoms. The summed E-state index contributed by atoms with van der Waals surface area (Å²) in [7, 11) is 0. The molecule has 0 saturated carbocycles. The first-order valence-corrected chi connectivity index (χ1v) is 36.5. The van der Waals surface area contributed by atoms with E-state index >= 15 is 28.8 Å². The van der Waals surface area contributed by atoms with E-state index in [-0.39, 0.29) is 62.9 Å². The molecule has 0 amide bonds. The summed E-state index contributed by atoms with van der Waals surface area (Å²) in [6.45, 7) is 30.7. The third-order valence-electron chi connectivity index (χ3n) is 18.5. The van der Waals surface area contributed by atoms with Gasteiger partial charge < -0.3 is 28.4 Å². The minimum atomic E-state index is -1.60. The second-order valence-electron chi connectivity index (χ2n) is 32.2. The van der Waals surface area contributed by atoms with Crippen molar-refractivity contribution in [3.63, 3.8) is 0 Å². The van der Waals surface area contributed by atoms with Crippen LogP contribution in [0.4, 0.5) is 0 Å². The summed E-state index contributed by atoms with van der Waals surface area (Å²) in [5.41, 5.74) is 2.77. The van der Waals surface area contributed by atoms with Gasteiger partial charge in [-0.15, -0.1) is 0 Å². The Balaban J connectivity index is 1.19. The van der Waals surface area contributed by atoms with Crippen LogP contribution in [0, 0.1) is 48.3 Å². The number of carbonyl (C=O) groups excluding carboxylic acids is 8. The lowest BCUT2D eigenvalue weighted by molar-refractivity contribution is -0.161. The summed E-state index contributed by atoms with van der Waals surface area (Å²) < 4.78 is 38.1. The van der Waals surface area contributed by atoms with Gasteiger partial charge in [0.2, 0.25) is 0 Å². The highest BCUT2D eigenvalue weighted by Gasteiger charge is 2.46. The van der Waals surface area contributed by atoms with E-state index in [1.807, 2.05) is 217 Å². The number of hydrogen-bond acceptors (Lipinski definition) is 14. The average molecular weight is 1410 g/mol. The van der Waals surface area contributed by atoms with Crippen LogP contribution in [0.3, 0.4) is 0 Å². The molecule has 1 aliphatic rings. The van der Waals surface area contributed by atoms with E-state index in [0.717, 1.165) is 33.4 Å². The first-order chi connectivity index (χ1) is 47.8. The maximum atomic E-state index is 15.6. The maximum Gasteiger partial charge on any atom is 0.310 e. The van der Waals surface area contributed by atoms with Crippen molar-refractivity contribution < 1.29 is 66.8 Å². The summed E-state index contributed by atoms with van der Waals surface area (Å²) in [4.78, 5) is 121. The molecule has 0 bridgehead atoms. The van der Waals surface area contributed by atoms with Gasteiger partial charge >= 0.3 is 17.9 Å². The number of rotatable bonds is 36. The van der Waals surface area contributed by atoms with Crippen LogP contribution in [0.25, 0.3) is 11.1 Å². The number of esters is 3. The van der Waals surface area contributed by atoms with Crippen LogP contribution < -0.4 is 0 Å². The van der Waals surface area contributed by atoms with Gasteiger partial charge in [-0.05, 0) is 156 Å². The Labute approximate surface area is 611 Å². The van der Waals surface area contributed by atoms with Crippen molar-refractivity contribution in [1.82, 2.24) is 0 Å². The summed E-state index contributed by atoms with van der Waals surface area (Å²) in [6.07, 6.45) is -4.28. The van der Waals surface area contributed by atoms with Gasteiger partial charge in [0.05, 0.1) is 66.2 Å². The molecular weight excluding hydrogens is 1300 g/mol. The number of aryl methyl sites for hydroxylation is 1. The molecule has 0 heterocycles. The molecule has 0 radical (unpaired) electrons. The molecule has 0 N–H and O–H groups in total. The lowest BCUT2D eigenvalue weighted by atomic mass is 9.78. The normalized spacial score (nSPS) is 15.6. The van der Waals surface area contributed by atoms with Crippen molar-refractivity contribution >= 4 is 58.4 Å². The number of ketones is 5. The number of hydrogen-bond donors (Lipinski definition) is 0. The molecular formula is C87H109ClO14. The van der Waals surface area contributed by atoms with Crippen molar-refractivity contribution in [1.29, 1.82) is 0 Å². The Morgan fingerprint density at radius 3 is 1.42 bits per heavy atom. The zero-order valence-electron chi connectivity index (χ0n) is 63.2. The van der Waals surface area contributed by atoms with Crippen LogP contribution in [-0.4, -0.2) is 94.7 Å². The maximum absolute atomic E-state index is 15.6. The molecule has 14 nitrogen and oxygen atoms in total. The van der Waals surface area contributed by atoms with Crippen molar-refractivity contribution in [3.05, 3.63) is 202 Å². The van der Waals surface area contributed by atoms with Crippen LogP contribution in [0.15, 0.2) is 158 Å². The Kier molecular flexibility index (Phi) is 28.5. The second kappa shape index (κ2) is 35.6. The van der Waals surface area contributed by atoms with Crippen molar-refractivity contribution in [2.45, 2.75) is 222 Å². The van der Waals surface area contributed by atoms with Crippen LogP contribution in [0.1, 0.15) is 207 Å². The quantitative estimate of drug-likeness (QED) is 0.0205. The monoisotopic (exact) mass is 1410 g/mol. The Hall–Kier alpha value is -7.75. The molecule has 0 fully saturated rings. The third kappa shape index (κ3) is 23.6. The molecule has 9 unspecified atom stereocenters. The number of halogens is 1. The molecule has 0 saturated heterocycles. The highest BCUT2D eigenvalue weighted by molar-refractivity contribution is 6.31. The zero-order chi connectivity index (χ0) is 75.1. The standard InChI is InChI=1S/C87H109ClO14/c1-55(2)44-62(82(96)102-87(64-32-22-19-23-33-64,65-42-40-56(3)41-43-65)73-38-28-29-39-74(73)88)48-75(89)61(50-81(95)101-86(15,16)17)46-76(90)63(53-98-83(6,7)8)49-79(93)70(57(4)99-84(9,10)11)51-77(91)60(45-59-30-20-18-21-31-59)47-78(92)71(58(5)100-85(12,13)14)52-80(94)97-54-72-68-36-26-24-34-66(68)67-35-25-27-37-69(67)72/h18-43,55,57-58,60-63,70-72H,44-54H2,1-17H3. The van der Waals surface area contributed by atoms with Crippen molar-refractivity contribution in [3.8, 4) is 11.1 Å². The van der Waals surface area contributed by atoms with Gasteiger partial charge in [0.1, 0.15) is 41.1 Å². The van der Waals surface area contributed by atoms with Gasteiger partial charge in [-0.3, -0.25) is 38.4 Å². The predicted molar refractivity (Wildman–Crippen MR) is 400 cm³/mol. The second-order valence-corrected chi connectivity index (χ2v) is 32.6. The number of Topliss-reactive ketones (excluding diaryl/α,β-unsaturated/α-hetero) is 5. The largest absolute Gasteiger partial charge is 0.465 e. The van der Waals surface area contributed by atoms with Gasteiger partial charge in [-0.1, -0.05) is 183 Å². The molecule has 0 aromatic heterocycles. The minimum Gasteiger partial charge on any atom is -0.465 e. The van der Waals surface area contributed by atoms with Crippen molar-refractivity contribution in [2.24, 2.45) is 41.4 Å². The first kappa shape index (κ1) is 81.5. The average Bonchev–Trinajstić information content (AvgIpc) is 0.880. The first-order valence-electron chi connectivity index (χ1n) is 36.1. The number of benzene rings is 6. The van der Waals surface area contributed by atoms with Gasteiger partial charge in [-0.25, -0.2) is 0 Å². The summed E-state index contributed by atoms with van der Waals surface area (Å²) in [5.74, 6) is -11.6. The van der Waals surface area contributed by atoms with Gasteiger partial charge in [0, 0.05) is 77.5 Å². The molecule has 6 aromatic carbocycles. The molecule has 102 heavy (non-hydrogen) atoms. The summed E-state index contributed by atoms with van der Waals surface area (Å²) >= 11 is 7.08. The Morgan fingerprint density at radius 2 is 0.892 bits per heavy atom. The topological polar surface area (TPSA) is 192 Å². The van der Waals surface area contributed by atoms with Gasteiger partial charge in [0.25, 0.3) is 0 Å². The smallest absolute Gasteiger partial charge is 0.310 e. The van der Waals surface area contributed by atoms with E-state index in [2.05, 4.69) is 12.1 Å². The van der Waals surface area contributed by atoms with E-state index in [9.17, 15) is 9.59 Å². The van der Waals surface area contributed by atoms with Crippen molar-refractivity contribution in [2.75, 3.05) is 13.2 Å². The molecule has 7 rings (SSSR count). The number of fused-ring (bicyclic) bond motifs is 3. The van der Waals surface area contributed by atoms with Crippen LogP contribution in [-0.2, 0) is 78.8 Å². The van der Waals surface area contributed by atoms with Crippen LogP contribution in [0.5, 0.6) is 0 Å². The fraction of sp³-hybridized carbons (Fsp3) is 0.494. The number of carbonyl (C=O) groups is 8. The van der Waals surface area contributed by atoms with Crippen LogP contribution >= 0.6 is 11.6 Å². The van der Waals surface area contributed by atoms with Gasteiger partial charge in [0.15, 0.2) is 5.60 Å². The highest BCUT2D eigenvalue weighted by Crippen LogP contribution is 2.47. The van der Waals surface area contributed by atoms with E-state index in [1.54, 1.807) is 46.8 Å². The van der Waals surface area contributed by atoms with Gasteiger partial charge in [-0.2, -0.15) is 0 Å². The molecule has 6 aromatic rings. The third-order valence-corrected chi connectivity index (χ3v) is 18.8. The van der Waals surface area contributed by atoms with Crippen LogP contribution in [0.2, 0.25) is 5.02 Å². The van der Waals surface area contributed by atoms with E-state index in [4.69, 9.17) is 40.0 Å². The fourth-order valence-corrected chi connectivity index (χ4v) is 14.1. The lowest BCUT2D eigenvalue weighted by Gasteiger charge is -2.37. The highest BCUT2D eigenvalue weighted by atomic mass is 35.5. The molecule has 548 valence electrons. The van der Waals surface area contributed by atoms with E-state index in [1.165, 1.54) is 0 Å². The fourth-order valence-electron chi connectivity index (χ4n) is 13.8. The molecule has 0 spiro atoms. The Morgan fingerprint density at radius 1 is 0.431 bits per heavy atom. The molecule has 1 aliphatic carbocycles. The zero-order valence-corrected chi connectivity index (χ0v) is 63.9. The predicted octanol–water partition coefficient (Wildman–Crippen LogP) is 18.0. The molecule has 9 atom stereocenters.